The van der Waals surface area contributed by atoms with E-state index >= 15 is 0 Å². The van der Waals surface area contributed by atoms with Crippen LogP contribution in [0.3, 0.4) is 0 Å². The monoisotopic (exact) mass is 418 g/mol. The van der Waals surface area contributed by atoms with E-state index in [0.717, 1.165) is 10.4 Å². The topological polar surface area (TPSA) is 94.2 Å². The van der Waals surface area contributed by atoms with E-state index in [4.69, 9.17) is 14.2 Å². The Balaban J connectivity index is 1.98. The minimum Gasteiger partial charge on any atom is -0.493 e. The van der Waals surface area contributed by atoms with Gasteiger partial charge in [-0.15, -0.1) is 11.3 Å². The Hall–Kier alpha value is -3.07. The summed E-state index contributed by atoms with van der Waals surface area (Å²) in [5.41, 5.74) is 1.43. The Morgan fingerprint density at radius 3 is 2.52 bits per heavy atom. The first-order chi connectivity index (χ1) is 13.9. The van der Waals surface area contributed by atoms with E-state index in [0.29, 0.717) is 41.6 Å². The van der Waals surface area contributed by atoms with E-state index in [-0.39, 0.29) is 11.5 Å². The van der Waals surface area contributed by atoms with Crippen LogP contribution in [0.15, 0.2) is 18.2 Å². The Morgan fingerprint density at radius 1 is 1.14 bits per heavy atom. The molecule has 1 aromatic carbocycles. The third-order valence-corrected chi connectivity index (χ3v) is 5.90. The van der Waals surface area contributed by atoms with Gasteiger partial charge in [0.05, 0.1) is 39.0 Å². The molecule has 0 aliphatic carbocycles. The van der Waals surface area contributed by atoms with Crippen LogP contribution < -0.4 is 14.8 Å². The van der Waals surface area contributed by atoms with E-state index in [1.54, 1.807) is 23.1 Å². The van der Waals surface area contributed by atoms with Gasteiger partial charge >= 0.3 is 5.97 Å². The Labute approximate surface area is 172 Å². The maximum atomic E-state index is 13.0. The predicted octanol–water partition coefficient (Wildman–Crippen LogP) is 2.71. The molecule has 2 amide bonds. The Bertz CT molecular complexity index is 968. The molecule has 1 aliphatic rings. The smallest absolute Gasteiger partial charge is 0.341 e. The van der Waals surface area contributed by atoms with Crippen LogP contribution in [0.1, 0.15) is 38.1 Å². The lowest BCUT2D eigenvalue weighted by atomic mass is 10.0. The van der Waals surface area contributed by atoms with Crippen LogP contribution in [0.25, 0.3) is 0 Å². The summed E-state index contributed by atoms with van der Waals surface area (Å²) in [5, 5.41) is 3.20. The van der Waals surface area contributed by atoms with E-state index in [1.165, 1.54) is 39.6 Å². The molecule has 1 aromatic heterocycles. The molecule has 154 valence electrons. The molecule has 0 atom stereocenters. The maximum Gasteiger partial charge on any atom is 0.341 e. The largest absolute Gasteiger partial charge is 0.493 e. The number of fused-ring (bicyclic) bond motifs is 1. The lowest BCUT2D eigenvalue weighted by Crippen LogP contribution is -2.33. The number of carbonyl (C=O) groups excluding carboxylic acids is 3. The van der Waals surface area contributed by atoms with Gasteiger partial charge in [0.15, 0.2) is 11.5 Å². The van der Waals surface area contributed by atoms with Gasteiger partial charge in [-0.05, 0) is 24.1 Å². The average Bonchev–Trinajstić information content (AvgIpc) is 3.09. The number of amides is 2. The predicted molar refractivity (Wildman–Crippen MR) is 108 cm³/mol. The Morgan fingerprint density at radius 2 is 1.90 bits per heavy atom. The number of hydrogen-bond acceptors (Lipinski definition) is 7. The number of ether oxygens (including phenoxy) is 3. The second-order valence-electron chi connectivity index (χ2n) is 6.39. The highest BCUT2D eigenvalue weighted by Crippen LogP contribution is 2.39. The highest BCUT2D eigenvalue weighted by Gasteiger charge is 2.30. The molecule has 2 heterocycles. The van der Waals surface area contributed by atoms with Crippen molar-refractivity contribution in [3.8, 4) is 11.5 Å². The van der Waals surface area contributed by atoms with E-state index in [9.17, 15) is 14.4 Å². The summed E-state index contributed by atoms with van der Waals surface area (Å²) in [6.45, 7) is 2.43. The van der Waals surface area contributed by atoms with Crippen molar-refractivity contribution < 1.29 is 28.6 Å². The number of carbonyl (C=O) groups is 3. The fourth-order valence-electron chi connectivity index (χ4n) is 3.31. The molecule has 0 saturated carbocycles. The summed E-state index contributed by atoms with van der Waals surface area (Å²) in [5.74, 6) is -0.262. The lowest BCUT2D eigenvalue weighted by Gasteiger charge is -2.25. The molecule has 0 radical (unpaired) electrons. The number of anilines is 1. The standard InChI is InChI=1S/C20H22N2O6S/c1-11(23)22-9-8-12-15(10-22)29-19(16(12)20(25)28-4)21-18(24)13-6-5-7-14(26-2)17(13)27-3/h5-7H,8-10H2,1-4H3,(H,21,24). The van der Waals surface area contributed by atoms with Gasteiger partial charge in [0.25, 0.3) is 5.91 Å². The zero-order valence-electron chi connectivity index (χ0n) is 16.7. The van der Waals surface area contributed by atoms with E-state index in [2.05, 4.69) is 5.32 Å². The molecule has 0 unspecified atom stereocenters. The molecular weight excluding hydrogens is 396 g/mol. The molecule has 8 nitrogen and oxygen atoms in total. The zero-order chi connectivity index (χ0) is 21.1. The van der Waals surface area contributed by atoms with Gasteiger partial charge in [-0.2, -0.15) is 0 Å². The number of nitrogens with zero attached hydrogens (tertiary/aromatic N) is 1. The van der Waals surface area contributed by atoms with Crippen molar-refractivity contribution in [2.75, 3.05) is 33.2 Å². The minimum absolute atomic E-state index is 0.0321. The molecular formula is C20H22N2O6S. The number of benzene rings is 1. The minimum atomic E-state index is -0.522. The van der Waals surface area contributed by atoms with Crippen molar-refractivity contribution in [3.05, 3.63) is 39.8 Å². The number of hydrogen-bond donors (Lipinski definition) is 1. The fourth-order valence-corrected chi connectivity index (χ4v) is 4.56. The molecule has 2 aromatic rings. The number of thiophene rings is 1. The Kier molecular flexibility index (Phi) is 6.07. The number of rotatable bonds is 5. The highest BCUT2D eigenvalue weighted by molar-refractivity contribution is 7.17. The van der Waals surface area contributed by atoms with Gasteiger partial charge in [0.1, 0.15) is 5.00 Å². The fraction of sp³-hybridized carbons (Fsp3) is 0.350. The molecule has 0 bridgehead atoms. The molecule has 0 fully saturated rings. The second-order valence-corrected chi connectivity index (χ2v) is 7.49. The molecule has 1 N–H and O–H groups in total. The van der Waals surface area contributed by atoms with Crippen LogP contribution in [0.2, 0.25) is 0 Å². The zero-order valence-corrected chi connectivity index (χ0v) is 17.5. The molecule has 0 saturated heterocycles. The van der Waals surface area contributed by atoms with Crippen LogP contribution in [-0.2, 0) is 22.5 Å². The van der Waals surface area contributed by atoms with Crippen molar-refractivity contribution in [3.63, 3.8) is 0 Å². The average molecular weight is 418 g/mol. The second kappa shape index (κ2) is 8.52. The van der Waals surface area contributed by atoms with Crippen molar-refractivity contribution >= 4 is 34.1 Å². The first kappa shape index (κ1) is 20.7. The normalized spacial score (nSPS) is 12.8. The van der Waals surface area contributed by atoms with Gasteiger partial charge in [0, 0.05) is 18.3 Å². The van der Waals surface area contributed by atoms with Crippen molar-refractivity contribution in [1.82, 2.24) is 4.90 Å². The molecule has 3 rings (SSSR count). The van der Waals surface area contributed by atoms with Crippen LogP contribution in [0.4, 0.5) is 5.00 Å². The summed E-state index contributed by atoms with van der Waals surface area (Å²) < 4.78 is 15.5. The van der Waals surface area contributed by atoms with Crippen molar-refractivity contribution in [1.29, 1.82) is 0 Å². The van der Waals surface area contributed by atoms with Gasteiger partial charge < -0.3 is 24.4 Å². The SMILES string of the molecule is COC(=O)c1c(NC(=O)c2cccc(OC)c2OC)sc2c1CCN(C(C)=O)C2. The van der Waals surface area contributed by atoms with Crippen LogP contribution >= 0.6 is 11.3 Å². The summed E-state index contributed by atoms with van der Waals surface area (Å²) >= 11 is 1.27. The first-order valence-corrected chi connectivity index (χ1v) is 9.73. The van der Waals surface area contributed by atoms with Crippen LogP contribution in [-0.4, -0.2) is 50.6 Å². The summed E-state index contributed by atoms with van der Waals surface area (Å²) in [4.78, 5) is 39.7. The first-order valence-electron chi connectivity index (χ1n) is 8.91. The lowest BCUT2D eigenvalue weighted by molar-refractivity contribution is -0.129. The van der Waals surface area contributed by atoms with Crippen molar-refractivity contribution in [2.45, 2.75) is 19.9 Å². The number of esters is 1. The number of methoxy groups -OCH3 is 3. The number of nitrogens with one attached hydrogen (secondary N) is 1. The highest BCUT2D eigenvalue weighted by atomic mass is 32.1. The van der Waals surface area contributed by atoms with Gasteiger partial charge in [-0.3, -0.25) is 9.59 Å². The van der Waals surface area contributed by atoms with E-state index < -0.39 is 11.9 Å². The van der Waals surface area contributed by atoms with Gasteiger partial charge in [-0.25, -0.2) is 4.79 Å². The summed E-state index contributed by atoms with van der Waals surface area (Å²) in [6.07, 6.45) is 0.522. The third kappa shape index (κ3) is 3.91. The van der Waals surface area contributed by atoms with Crippen molar-refractivity contribution in [2.24, 2.45) is 0 Å². The van der Waals surface area contributed by atoms with E-state index in [1.807, 2.05) is 0 Å². The molecule has 9 heteroatoms. The maximum absolute atomic E-state index is 13.0. The summed E-state index contributed by atoms with van der Waals surface area (Å²) in [6, 6.07) is 4.98. The van der Waals surface area contributed by atoms with Crippen LogP contribution in [0, 0.1) is 0 Å². The molecule has 29 heavy (non-hydrogen) atoms. The third-order valence-electron chi connectivity index (χ3n) is 4.77. The van der Waals surface area contributed by atoms with Gasteiger partial charge in [-0.1, -0.05) is 6.07 Å². The quantitative estimate of drug-likeness (QED) is 0.751. The number of para-hydroxylation sites is 1. The molecule has 1 aliphatic heterocycles. The van der Waals surface area contributed by atoms with Gasteiger partial charge in [0.2, 0.25) is 5.91 Å². The summed E-state index contributed by atoms with van der Waals surface area (Å²) in [7, 11) is 4.24. The van der Waals surface area contributed by atoms with Crippen LogP contribution in [0.5, 0.6) is 11.5 Å². The molecule has 0 spiro atoms.